The summed E-state index contributed by atoms with van der Waals surface area (Å²) in [4.78, 5) is 30.4. The molecule has 1 atom stereocenters. The van der Waals surface area contributed by atoms with Crippen LogP contribution in [0.1, 0.15) is 18.4 Å². The molecule has 3 amide bonds. The molecule has 0 aliphatic rings. The maximum atomic E-state index is 13.6. The van der Waals surface area contributed by atoms with Crippen molar-refractivity contribution < 1.29 is 23.1 Å². The number of carbonyl (C=O) groups excluding carboxylic acids is 2. The highest BCUT2D eigenvalue weighted by Gasteiger charge is 2.22. The van der Waals surface area contributed by atoms with Crippen molar-refractivity contribution in [2.24, 2.45) is 5.73 Å². The first kappa shape index (κ1) is 26.6. The van der Waals surface area contributed by atoms with Gasteiger partial charge in [-0.1, -0.05) is 23.7 Å². The van der Waals surface area contributed by atoms with Gasteiger partial charge < -0.3 is 20.7 Å². The molecule has 0 aliphatic carbocycles. The predicted molar refractivity (Wildman–Crippen MR) is 133 cm³/mol. The Hall–Kier alpha value is -3.99. The number of urea groups is 1. The number of benzene rings is 2. The number of carbonyl (C=O) groups is 2. The fraction of sp³-hybridized carbons (Fsp3) is 0.250. The van der Waals surface area contributed by atoms with E-state index in [4.69, 9.17) is 27.5 Å². The number of ether oxygens (including phenoxy) is 1. The Morgan fingerprint density at radius 2 is 2.00 bits per heavy atom. The van der Waals surface area contributed by atoms with E-state index in [1.54, 1.807) is 12.1 Å². The van der Waals surface area contributed by atoms with Crippen molar-refractivity contribution in [3.05, 3.63) is 70.9 Å². The largest absolute Gasteiger partial charge is 0.447 e. The quantitative estimate of drug-likeness (QED) is 0.242. The van der Waals surface area contributed by atoms with Gasteiger partial charge in [-0.05, 0) is 47.7 Å². The van der Waals surface area contributed by atoms with Crippen LogP contribution in [0.5, 0.6) is 0 Å². The van der Waals surface area contributed by atoms with E-state index in [0.717, 1.165) is 0 Å². The van der Waals surface area contributed by atoms with Gasteiger partial charge in [-0.2, -0.15) is 0 Å². The first-order chi connectivity index (χ1) is 17.1. The van der Waals surface area contributed by atoms with Crippen molar-refractivity contribution >= 4 is 46.2 Å². The van der Waals surface area contributed by atoms with Gasteiger partial charge in [0.2, 0.25) is 0 Å². The molecule has 0 fully saturated rings. The first-order valence-electron chi connectivity index (χ1n) is 10.9. The number of amidine groups is 1. The Morgan fingerprint density at radius 1 is 1.22 bits per heavy atom. The third-order valence-electron chi connectivity index (χ3n) is 5.40. The van der Waals surface area contributed by atoms with E-state index in [9.17, 15) is 18.4 Å². The molecule has 0 saturated heterocycles. The smallest absolute Gasteiger partial charge is 0.412 e. The molecule has 1 aromatic heterocycles. The van der Waals surface area contributed by atoms with Crippen LogP contribution in [0, 0.1) is 17.0 Å². The molecule has 0 spiro atoms. The maximum Gasteiger partial charge on any atom is 0.412 e. The van der Waals surface area contributed by atoms with Crippen molar-refractivity contribution in [1.29, 1.82) is 5.41 Å². The van der Waals surface area contributed by atoms with Gasteiger partial charge in [-0.15, -0.1) is 0 Å². The number of amides is 3. The molecule has 0 aliphatic heterocycles. The molecule has 5 N–H and O–H groups in total. The van der Waals surface area contributed by atoms with Crippen molar-refractivity contribution in [2.45, 2.75) is 25.4 Å². The number of nitrogens with two attached hydrogens (primary N) is 1. The number of halogens is 3. The lowest BCUT2D eigenvalue weighted by molar-refractivity contribution is 0.114. The van der Waals surface area contributed by atoms with Crippen molar-refractivity contribution in [3.63, 3.8) is 0 Å². The third-order valence-corrected chi connectivity index (χ3v) is 5.82. The molecule has 0 radical (unpaired) electrons. The minimum absolute atomic E-state index is 0.0191. The number of hydrogen-bond acceptors (Lipinski definition) is 5. The minimum atomic E-state index is -0.827. The van der Waals surface area contributed by atoms with Crippen LogP contribution in [0.4, 0.5) is 24.2 Å². The maximum absolute atomic E-state index is 13.6. The molecule has 36 heavy (non-hydrogen) atoms. The zero-order chi connectivity index (χ0) is 26.2. The summed E-state index contributed by atoms with van der Waals surface area (Å²) in [6, 6.07) is 8.84. The first-order valence-corrected chi connectivity index (χ1v) is 11.3. The van der Waals surface area contributed by atoms with Gasteiger partial charge in [-0.25, -0.2) is 23.4 Å². The van der Waals surface area contributed by atoms with Gasteiger partial charge in [-0.3, -0.25) is 10.7 Å². The summed E-state index contributed by atoms with van der Waals surface area (Å²) in [6.07, 6.45) is 1.08. The van der Waals surface area contributed by atoms with Crippen molar-refractivity contribution in [2.75, 3.05) is 19.0 Å². The van der Waals surface area contributed by atoms with Crippen LogP contribution in [0.3, 0.4) is 0 Å². The average molecular weight is 519 g/mol. The van der Waals surface area contributed by atoms with Gasteiger partial charge in [0, 0.05) is 31.6 Å². The van der Waals surface area contributed by atoms with E-state index in [0.29, 0.717) is 16.3 Å². The second kappa shape index (κ2) is 12.1. The molecular weight excluding hydrogens is 494 g/mol. The van der Waals surface area contributed by atoms with E-state index in [1.807, 2.05) is 0 Å². The molecule has 1 heterocycles. The van der Waals surface area contributed by atoms with Crippen LogP contribution in [-0.2, 0) is 11.3 Å². The zero-order valence-electron chi connectivity index (χ0n) is 19.4. The topological polar surface area (TPSA) is 133 Å². The number of aromatic nitrogens is 1. The predicted octanol–water partition coefficient (Wildman–Crippen LogP) is 4.64. The van der Waals surface area contributed by atoms with Gasteiger partial charge in [0.05, 0.1) is 16.9 Å². The molecule has 0 unspecified atom stereocenters. The van der Waals surface area contributed by atoms with Gasteiger partial charge in [0.15, 0.2) is 0 Å². The fourth-order valence-electron chi connectivity index (χ4n) is 3.35. The van der Waals surface area contributed by atoms with Crippen LogP contribution >= 0.6 is 11.6 Å². The number of hydrogen-bond donors (Lipinski definition) is 4. The average Bonchev–Trinajstić information content (AvgIpc) is 2.84. The summed E-state index contributed by atoms with van der Waals surface area (Å²) in [5, 5.41) is 13.7. The molecule has 12 heteroatoms. The second-order valence-electron chi connectivity index (χ2n) is 7.98. The van der Waals surface area contributed by atoms with Gasteiger partial charge >= 0.3 is 12.1 Å². The number of anilines is 1. The van der Waals surface area contributed by atoms with Crippen LogP contribution < -0.4 is 16.4 Å². The summed E-state index contributed by atoms with van der Waals surface area (Å²) in [5.74, 6) is -0.938. The Bertz CT molecular complexity index is 1280. The summed E-state index contributed by atoms with van der Waals surface area (Å²) in [5.41, 5.74) is 5.86. The standard InChI is InChI=1S/C24H25ClF2N6O3/c1-33(23(34)31-12-15-3-2-4-19(27)22(15)25)18(7-8-20(28)29)13-36-24(35)32-21-10-16-9-17(26)6-5-14(16)11-30-21/h2-6,9-11,18H,7-8,12-13H2,1H3,(H3,28,29)(H,31,34)(H,30,32,35)/t18-/m0/s1. The highest BCUT2D eigenvalue weighted by Crippen LogP contribution is 2.20. The number of nitrogens with one attached hydrogen (secondary N) is 3. The van der Waals surface area contributed by atoms with E-state index < -0.39 is 29.8 Å². The van der Waals surface area contributed by atoms with Crippen LogP contribution in [0.15, 0.2) is 48.7 Å². The normalized spacial score (nSPS) is 11.6. The highest BCUT2D eigenvalue weighted by atomic mass is 35.5. The number of rotatable bonds is 9. The lowest BCUT2D eigenvalue weighted by Gasteiger charge is -2.28. The summed E-state index contributed by atoms with van der Waals surface area (Å²) in [7, 11) is 1.49. The number of likely N-dealkylation sites (N-methyl/N-ethyl adjacent to an activating group) is 1. The molecule has 3 aromatic rings. The lowest BCUT2D eigenvalue weighted by atomic mass is 10.1. The van der Waals surface area contributed by atoms with Crippen LogP contribution in [0.2, 0.25) is 5.02 Å². The Morgan fingerprint density at radius 3 is 2.75 bits per heavy atom. The second-order valence-corrected chi connectivity index (χ2v) is 8.36. The summed E-state index contributed by atoms with van der Waals surface area (Å²) >= 11 is 5.93. The monoisotopic (exact) mass is 518 g/mol. The summed E-state index contributed by atoms with van der Waals surface area (Å²) in [6.45, 7) is -0.221. The zero-order valence-corrected chi connectivity index (χ0v) is 20.1. The molecule has 2 aromatic carbocycles. The van der Waals surface area contributed by atoms with Gasteiger partial charge in [0.25, 0.3) is 0 Å². The Balaban J connectivity index is 1.60. The summed E-state index contributed by atoms with van der Waals surface area (Å²) < 4.78 is 32.4. The van der Waals surface area contributed by atoms with Crippen molar-refractivity contribution in [1.82, 2.24) is 15.2 Å². The third kappa shape index (κ3) is 7.25. The van der Waals surface area contributed by atoms with E-state index in [-0.39, 0.29) is 42.7 Å². The lowest BCUT2D eigenvalue weighted by Crippen LogP contribution is -2.46. The number of fused-ring (bicyclic) bond motifs is 1. The molecule has 190 valence electrons. The SMILES string of the molecule is CN(C(=O)NCc1cccc(F)c1Cl)[C@@H](CCC(=N)N)COC(=O)Nc1cc2cc(F)ccc2cn1. The molecule has 9 nitrogen and oxygen atoms in total. The van der Waals surface area contributed by atoms with Gasteiger partial charge in [0.1, 0.15) is 24.1 Å². The fourth-order valence-corrected chi connectivity index (χ4v) is 3.54. The molecule has 3 rings (SSSR count). The molecule has 0 saturated carbocycles. The Kier molecular flexibility index (Phi) is 8.96. The van der Waals surface area contributed by atoms with E-state index in [2.05, 4.69) is 15.6 Å². The minimum Gasteiger partial charge on any atom is -0.447 e. The van der Waals surface area contributed by atoms with E-state index >= 15 is 0 Å². The van der Waals surface area contributed by atoms with Crippen molar-refractivity contribution in [3.8, 4) is 0 Å². The number of nitrogens with zero attached hydrogens (tertiary/aromatic N) is 2. The molecular formula is C24H25ClF2N6O3. The number of pyridine rings is 1. The van der Waals surface area contributed by atoms with Crippen LogP contribution in [0.25, 0.3) is 10.8 Å². The highest BCUT2D eigenvalue weighted by molar-refractivity contribution is 6.31. The van der Waals surface area contributed by atoms with Crippen LogP contribution in [-0.4, -0.2) is 47.5 Å². The molecule has 0 bridgehead atoms. The van der Waals surface area contributed by atoms with E-state index in [1.165, 1.54) is 48.5 Å². The Labute approximate surface area is 211 Å².